The molecule has 0 spiro atoms. The minimum atomic E-state index is -0.529. The smallest absolute Gasteiger partial charge is 0.313 e. The van der Waals surface area contributed by atoms with E-state index in [1.54, 1.807) is 0 Å². The third kappa shape index (κ3) is 5.16. The molecule has 0 aromatic rings. The Morgan fingerprint density at radius 3 is 3.00 bits per heavy atom. The highest BCUT2D eigenvalue weighted by atomic mass is 16.5. The van der Waals surface area contributed by atoms with E-state index in [9.17, 15) is 9.59 Å². The molecule has 0 amide bonds. The minimum Gasteiger partial charge on any atom is -0.469 e. The number of methoxy groups -OCH3 is 1. The van der Waals surface area contributed by atoms with Crippen molar-refractivity contribution in [3.63, 3.8) is 0 Å². The summed E-state index contributed by atoms with van der Waals surface area (Å²) in [5.74, 6) is 1.68. The fourth-order valence-corrected chi connectivity index (χ4v) is 0.523. The molecule has 0 rings (SSSR count). The number of ether oxygens (including phenoxy) is 1. The maximum atomic E-state index is 10.9. The first kappa shape index (κ1) is 7.80. The first-order valence-corrected chi connectivity index (χ1v) is 3.18. The molecule has 0 heterocycles. The summed E-state index contributed by atoms with van der Waals surface area (Å²) in [6.45, 7) is 0. The van der Waals surface area contributed by atoms with Gasteiger partial charge in [0.2, 0.25) is 0 Å². The van der Waals surface area contributed by atoms with Gasteiger partial charge in [-0.15, -0.1) is 12.3 Å². The lowest BCUT2D eigenvalue weighted by molar-refractivity contribution is -0.143. The number of rotatable bonds is 4. The van der Waals surface area contributed by atoms with E-state index in [1.165, 1.54) is 7.11 Å². The Kier molecular flexibility index (Phi) is 3.89. The van der Waals surface area contributed by atoms with Gasteiger partial charge in [0.05, 0.1) is 7.11 Å². The summed E-state index contributed by atoms with van der Waals surface area (Å²) < 4.78 is 10.8. The Hall–Kier alpha value is -1.30. The lowest BCUT2D eigenvalue weighted by Crippen LogP contribution is -2.08. The molecule has 0 aromatic carbocycles. The zero-order valence-electron chi connectivity index (χ0n) is 7.35. The molecule has 11 heavy (non-hydrogen) atoms. The largest absolute Gasteiger partial charge is 0.469 e. The number of ketones is 1. The molecule has 0 fully saturated rings. The van der Waals surface area contributed by atoms with Gasteiger partial charge in [-0.2, -0.15) is 0 Å². The van der Waals surface area contributed by atoms with Gasteiger partial charge in [0, 0.05) is 12.8 Å². The average Bonchev–Trinajstić information content (AvgIpc) is 2.05. The van der Waals surface area contributed by atoms with Crippen LogP contribution in [0, 0.1) is 12.3 Å². The lowest BCUT2D eigenvalue weighted by Gasteiger charge is -1.95. The monoisotopic (exact) mass is 155 g/mol. The van der Waals surface area contributed by atoms with Gasteiger partial charge in [0.15, 0.2) is 0 Å². The molecule has 0 aliphatic heterocycles. The highest BCUT2D eigenvalue weighted by Gasteiger charge is 2.07. The van der Waals surface area contributed by atoms with E-state index in [2.05, 4.69) is 10.7 Å². The molecule has 3 heteroatoms. The molecule has 0 N–H and O–H groups in total. The molecule has 0 unspecified atom stereocenters. The van der Waals surface area contributed by atoms with Crippen LogP contribution in [0.4, 0.5) is 0 Å². The number of Topliss-reactive ketones (excluding diaryl/α,β-unsaturated/α-hetero) is 1. The topological polar surface area (TPSA) is 43.4 Å². The number of hydrogen-bond acceptors (Lipinski definition) is 3. The third-order valence-electron chi connectivity index (χ3n) is 1.10. The number of carbonyl (C=O) groups is 2. The maximum Gasteiger partial charge on any atom is 0.313 e. The molecular formula is C8H10O3. The van der Waals surface area contributed by atoms with Crippen molar-refractivity contribution in [3.8, 4) is 12.3 Å². The van der Waals surface area contributed by atoms with Crippen LogP contribution in [0.2, 0.25) is 0 Å². The second-order valence-corrected chi connectivity index (χ2v) is 1.97. The summed E-state index contributed by atoms with van der Waals surface area (Å²) in [7, 11) is 1.24. The quantitative estimate of drug-likeness (QED) is 0.338. The second-order valence-electron chi connectivity index (χ2n) is 1.97. The van der Waals surface area contributed by atoms with Crippen LogP contribution in [0.1, 0.15) is 20.6 Å². The number of terminal acetylenes is 1. The van der Waals surface area contributed by atoms with Crippen LogP contribution in [0.3, 0.4) is 0 Å². The molecule has 0 saturated carbocycles. The standard InChI is InChI=1S/C8H10O3/c1-3-4-5-7(9)6-8(10)11-2/h1H,4-6H2,2H3/i1D. The Balaban J connectivity index is 3.57. The van der Waals surface area contributed by atoms with Gasteiger partial charge in [-0.25, -0.2) is 0 Å². The lowest BCUT2D eigenvalue weighted by atomic mass is 10.2. The zero-order chi connectivity index (χ0) is 9.40. The van der Waals surface area contributed by atoms with Gasteiger partial charge < -0.3 is 4.74 Å². The highest BCUT2D eigenvalue weighted by Crippen LogP contribution is 1.94. The van der Waals surface area contributed by atoms with Crippen molar-refractivity contribution in [1.29, 1.82) is 0 Å². The number of hydrogen-bond donors (Lipinski definition) is 0. The molecule has 60 valence electrons. The molecule has 0 aromatic heterocycles. The van der Waals surface area contributed by atoms with E-state index < -0.39 is 5.97 Å². The summed E-state index contributed by atoms with van der Waals surface area (Å²) in [4.78, 5) is 21.4. The van der Waals surface area contributed by atoms with Crippen molar-refractivity contribution in [1.82, 2.24) is 0 Å². The summed E-state index contributed by atoms with van der Waals surface area (Å²) in [6, 6.07) is 0. The van der Waals surface area contributed by atoms with Crippen molar-refractivity contribution in [2.24, 2.45) is 0 Å². The fraction of sp³-hybridized carbons (Fsp3) is 0.500. The van der Waals surface area contributed by atoms with Gasteiger partial charge in [-0.05, 0) is 0 Å². The maximum absolute atomic E-state index is 10.9. The summed E-state index contributed by atoms with van der Waals surface area (Å²) >= 11 is 0. The van der Waals surface area contributed by atoms with Crippen LogP contribution in [0.15, 0.2) is 0 Å². The van der Waals surface area contributed by atoms with Crippen LogP contribution < -0.4 is 0 Å². The molecule has 3 nitrogen and oxygen atoms in total. The zero-order valence-corrected chi connectivity index (χ0v) is 6.35. The van der Waals surface area contributed by atoms with Gasteiger partial charge in [0.1, 0.15) is 13.6 Å². The first-order chi connectivity index (χ1) is 5.70. The summed E-state index contributed by atoms with van der Waals surface area (Å²) in [5.41, 5.74) is 0. The van der Waals surface area contributed by atoms with Gasteiger partial charge in [-0.3, -0.25) is 9.59 Å². The van der Waals surface area contributed by atoms with E-state index in [0.29, 0.717) is 6.42 Å². The van der Waals surface area contributed by atoms with Crippen molar-refractivity contribution >= 4 is 11.8 Å². The van der Waals surface area contributed by atoms with E-state index >= 15 is 0 Å². The van der Waals surface area contributed by atoms with Gasteiger partial charge in [-0.1, -0.05) is 0 Å². The molecule has 0 atom stereocenters. The van der Waals surface area contributed by atoms with Crippen molar-refractivity contribution in [2.45, 2.75) is 19.3 Å². The van der Waals surface area contributed by atoms with Crippen LogP contribution in [-0.4, -0.2) is 18.9 Å². The predicted octanol–water partition coefficient (Wildman–Crippen LogP) is 0.532. The Morgan fingerprint density at radius 1 is 1.73 bits per heavy atom. The second kappa shape index (κ2) is 5.48. The SMILES string of the molecule is [2H]C#CCCC(=O)CC(=O)OC. The van der Waals surface area contributed by atoms with E-state index in [0.717, 1.165) is 0 Å². The van der Waals surface area contributed by atoms with Gasteiger partial charge in [0.25, 0.3) is 0 Å². The molecule has 0 bridgehead atoms. The molecule has 0 saturated heterocycles. The van der Waals surface area contributed by atoms with Gasteiger partial charge >= 0.3 is 5.97 Å². The molecule has 0 aliphatic carbocycles. The Bertz CT molecular complexity index is 224. The number of esters is 1. The summed E-state index contributed by atoms with van der Waals surface area (Å²) in [6.07, 6.45) is 2.27. The average molecular weight is 155 g/mol. The molecule has 0 radical (unpaired) electrons. The Labute approximate surface area is 67.1 Å². The van der Waals surface area contributed by atoms with Crippen molar-refractivity contribution < 1.29 is 15.7 Å². The Morgan fingerprint density at radius 2 is 2.45 bits per heavy atom. The molecule has 0 aliphatic rings. The number of carbonyl (C=O) groups excluding carboxylic acids is 2. The van der Waals surface area contributed by atoms with E-state index in [1.807, 2.05) is 6.40 Å². The fourth-order valence-electron chi connectivity index (χ4n) is 0.523. The summed E-state index contributed by atoms with van der Waals surface area (Å²) in [5, 5.41) is 0. The normalized spacial score (nSPS) is 9.00. The highest BCUT2D eigenvalue weighted by molar-refractivity contribution is 5.95. The predicted molar refractivity (Wildman–Crippen MR) is 39.7 cm³/mol. The van der Waals surface area contributed by atoms with E-state index in [-0.39, 0.29) is 18.6 Å². The first-order valence-electron chi connectivity index (χ1n) is 3.68. The van der Waals surface area contributed by atoms with Crippen LogP contribution in [0.25, 0.3) is 0 Å². The third-order valence-corrected chi connectivity index (χ3v) is 1.10. The van der Waals surface area contributed by atoms with Crippen molar-refractivity contribution in [2.75, 3.05) is 7.11 Å². The van der Waals surface area contributed by atoms with Crippen LogP contribution in [-0.2, 0) is 14.3 Å². The molecular weight excluding hydrogens is 144 g/mol. The van der Waals surface area contributed by atoms with E-state index in [4.69, 9.17) is 1.37 Å². The minimum absolute atomic E-state index is 0.198. The van der Waals surface area contributed by atoms with Crippen LogP contribution in [0.5, 0.6) is 0 Å². The van der Waals surface area contributed by atoms with Crippen molar-refractivity contribution in [3.05, 3.63) is 0 Å². The van der Waals surface area contributed by atoms with Crippen LogP contribution >= 0.6 is 0 Å².